The Hall–Kier alpha value is -0.640. The minimum Gasteiger partial charge on any atom is -0.354 e. The van der Waals surface area contributed by atoms with E-state index in [1.54, 1.807) is 0 Å². The van der Waals surface area contributed by atoms with Crippen LogP contribution in [-0.2, 0) is 0 Å². The van der Waals surface area contributed by atoms with Gasteiger partial charge in [0.2, 0.25) is 0 Å². The van der Waals surface area contributed by atoms with Crippen LogP contribution in [0.4, 0.5) is 5.82 Å². The molecule has 1 rings (SSSR count). The van der Waals surface area contributed by atoms with Crippen molar-refractivity contribution < 1.29 is 0 Å². The topological polar surface area (TPSA) is 29.0 Å². The molecule has 0 aliphatic rings. The van der Waals surface area contributed by atoms with Crippen molar-refractivity contribution in [1.82, 2.24) is 9.97 Å². The van der Waals surface area contributed by atoms with E-state index >= 15 is 0 Å². The maximum Gasteiger partial charge on any atom is 0.134 e. The molecule has 0 amide bonds. The van der Waals surface area contributed by atoms with Gasteiger partial charge in [-0.15, -0.1) is 0 Å². The Morgan fingerprint density at radius 2 is 1.88 bits per heavy atom. The Labute approximate surface area is 106 Å². The zero-order valence-corrected chi connectivity index (χ0v) is 12.2. The summed E-state index contributed by atoms with van der Waals surface area (Å²) in [5, 5.41) is 0. The van der Waals surface area contributed by atoms with E-state index in [1.807, 2.05) is 6.07 Å². The molecule has 0 spiro atoms. The van der Waals surface area contributed by atoms with Crippen molar-refractivity contribution in [2.45, 2.75) is 46.6 Å². The first-order valence-corrected chi connectivity index (χ1v) is 6.56. The maximum absolute atomic E-state index is 4.61. The molecule has 0 N–H and O–H groups in total. The van der Waals surface area contributed by atoms with Gasteiger partial charge in [0.1, 0.15) is 16.2 Å². The van der Waals surface area contributed by atoms with Gasteiger partial charge in [-0.05, 0) is 36.7 Å². The van der Waals surface area contributed by atoms with Gasteiger partial charge in [-0.25, -0.2) is 9.97 Å². The molecule has 0 atom stereocenters. The van der Waals surface area contributed by atoms with Gasteiger partial charge in [-0.2, -0.15) is 0 Å². The maximum atomic E-state index is 4.61. The number of hydrogen-bond donors (Lipinski definition) is 0. The number of hydrogen-bond acceptors (Lipinski definition) is 3. The third kappa shape index (κ3) is 3.17. The first-order valence-electron chi connectivity index (χ1n) is 5.76. The Morgan fingerprint density at radius 1 is 1.25 bits per heavy atom. The monoisotopic (exact) mass is 285 g/mol. The minimum atomic E-state index is 0.349. The van der Waals surface area contributed by atoms with Crippen molar-refractivity contribution in [2.24, 2.45) is 0 Å². The van der Waals surface area contributed by atoms with Gasteiger partial charge in [-0.3, -0.25) is 0 Å². The summed E-state index contributed by atoms with van der Waals surface area (Å²) >= 11 is 3.45. The number of rotatable bonds is 4. The third-order valence-electron chi connectivity index (χ3n) is 2.47. The number of nitrogens with zero attached hydrogens (tertiary/aromatic N) is 3. The lowest BCUT2D eigenvalue weighted by atomic mass is 10.2. The largest absolute Gasteiger partial charge is 0.354 e. The van der Waals surface area contributed by atoms with Crippen LogP contribution in [0.3, 0.4) is 0 Å². The lowest BCUT2D eigenvalue weighted by Crippen LogP contribution is -2.31. The Balaban J connectivity index is 3.12. The molecular weight excluding hydrogens is 266 g/mol. The van der Waals surface area contributed by atoms with Gasteiger partial charge in [0.05, 0.1) is 0 Å². The molecule has 3 nitrogen and oxygen atoms in total. The van der Waals surface area contributed by atoms with E-state index in [4.69, 9.17) is 0 Å². The van der Waals surface area contributed by atoms with Crippen molar-refractivity contribution in [3.8, 4) is 0 Å². The van der Waals surface area contributed by atoms with Gasteiger partial charge < -0.3 is 4.90 Å². The fourth-order valence-corrected chi connectivity index (χ4v) is 2.01. The molecule has 1 aromatic heterocycles. The lowest BCUT2D eigenvalue weighted by Gasteiger charge is -2.26. The highest BCUT2D eigenvalue weighted by Gasteiger charge is 2.13. The normalized spacial score (nSPS) is 11.2. The van der Waals surface area contributed by atoms with Crippen LogP contribution in [0.2, 0.25) is 0 Å². The molecule has 0 saturated carbocycles. The third-order valence-corrected chi connectivity index (χ3v) is 2.88. The van der Waals surface area contributed by atoms with E-state index in [9.17, 15) is 0 Å². The average molecular weight is 286 g/mol. The number of aromatic nitrogens is 2. The molecule has 1 heterocycles. The molecule has 1 aromatic rings. The zero-order valence-electron chi connectivity index (χ0n) is 10.7. The predicted octanol–water partition coefficient (Wildman–Crippen LogP) is 3.60. The molecule has 16 heavy (non-hydrogen) atoms. The SMILES string of the molecule is CCN(c1cc(Br)nc(C(C)C)n1)C(C)C. The molecule has 0 aromatic carbocycles. The van der Waals surface area contributed by atoms with Crippen molar-refractivity contribution in [1.29, 1.82) is 0 Å². The van der Waals surface area contributed by atoms with Crippen LogP contribution in [0.1, 0.15) is 46.4 Å². The summed E-state index contributed by atoms with van der Waals surface area (Å²) in [6.45, 7) is 11.7. The molecule has 0 aliphatic heterocycles. The molecule has 0 radical (unpaired) electrons. The fourth-order valence-electron chi connectivity index (χ4n) is 1.62. The molecule has 0 saturated heterocycles. The summed E-state index contributed by atoms with van der Waals surface area (Å²) in [5.74, 6) is 2.24. The molecule has 0 bridgehead atoms. The summed E-state index contributed by atoms with van der Waals surface area (Å²) in [6, 6.07) is 2.43. The van der Waals surface area contributed by atoms with Crippen molar-refractivity contribution in [3.63, 3.8) is 0 Å². The van der Waals surface area contributed by atoms with Crippen molar-refractivity contribution in [2.75, 3.05) is 11.4 Å². The van der Waals surface area contributed by atoms with E-state index in [0.717, 1.165) is 22.8 Å². The van der Waals surface area contributed by atoms with Gasteiger partial charge in [0.15, 0.2) is 0 Å². The van der Waals surface area contributed by atoms with Gasteiger partial charge in [-0.1, -0.05) is 13.8 Å². The van der Waals surface area contributed by atoms with Crippen LogP contribution in [0.5, 0.6) is 0 Å². The smallest absolute Gasteiger partial charge is 0.134 e. The van der Waals surface area contributed by atoms with Crippen LogP contribution < -0.4 is 4.90 Å². The van der Waals surface area contributed by atoms with Gasteiger partial charge >= 0.3 is 0 Å². The van der Waals surface area contributed by atoms with Crippen LogP contribution in [0.15, 0.2) is 10.7 Å². The quantitative estimate of drug-likeness (QED) is 0.792. The van der Waals surface area contributed by atoms with Crippen LogP contribution in [0, 0.1) is 0 Å². The summed E-state index contributed by atoms with van der Waals surface area (Å²) in [4.78, 5) is 11.3. The van der Waals surface area contributed by atoms with E-state index in [0.29, 0.717) is 12.0 Å². The second kappa shape index (κ2) is 5.62. The van der Waals surface area contributed by atoms with E-state index < -0.39 is 0 Å². The van der Waals surface area contributed by atoms with Crippen LogP contribution in [0.25, 0.3) is 0 Å². The predicted molar refractivity (Wildman–Crippen MR) is 72.0 cm³/mol. The Morgan fingerprint density at radius 3 is 2.31 bits per heavy atom. The molecule has 90 valence electrons. The molecule has 4 heteroatoms. The Kier molecular flexibility index (Phi) is 4.71. The minimum absolute atomic E-state index is 0.349. The summed E-state index contributed by atoms with van der Waals surface area (Å²) in [7, 11) is 0. The number of halogens is 1. The molecule has 0 unspecified atom stereocenters. The Bertz CT molecular complexity index is 350. The molecular formula is C12H20BrN3. The second-order valence-corrected chi connectivity index (χ2v) is 5.25. The fraction of sp³-hybridized carbons (Fsp3) is 0.667. The van der Waals surface area contributed by atoms with E-state index in [2.05, 4.69) is 65.4 Å². The van der Waals surface area contributed by atoms with Crippen molar-refractivity contribution >= 4 is 21.7 Å². The standard InChI is InChI=1S/C12H20BrN3/c1-6-16(9(4)5)11-7-10(13)14-12(15-11)8(2)3/h7-9H,6H2,1-5H3. The lowest BCUT2D eigenvalue weighted by molar-refractivity contribution is 0.679. The highest BCUT2D eigenvalue weighted by atomic mass is 79.9. The summed E-state index contributed by atoms with van der Waals surface area (Å²) in [6.07, 6.45) is 0. The molecule has 0 fully saturated rings. The highest BCUT2D eigenvalue weighted by Crippen LogP contribution is 2.21. The first kappa shape index (κ1) is 13.4. The summed E-state index contributed by atoms with van der Waals surface area (Å²) < 4.78 is 0.861. The highest BCUT2D eigenvalue weighted by molar-refractivity contribution is 9.10. The van der Waals surface area contributed by atoms with Gasteiger partial charge in [0, 0.05) is 24.6 Å². The molecule has 0 aliphatic carbocycles. The van der Waals surface area contributed by atoms with E-state index in [-0.39, 0.29) is 0 Å². The number of anilines is 1. The summed E-state index contributed by atoms with van der Waals surface area (Å²) in [5.41, 5.74) is 0. The van der Waals surface area contributed by atoms with Crippen LogP contribution >= 0.6 is 15.9 Å². The van der Waals surface area contributed by atoms with Crippen molar-refractivity contribution in [3.05, 3.63) is 16.5 Å². The second-order valence-electron chi connectivity index (χ2n) is 4.44. The first-order chi connectivity index (χ1) is 7.45. The zero-order chi connectivity index (χ0) is 12.3. The average Bonchev–Trinajstić information content (AvgIpc) is 2.17. The van der Waals surface area contributed by atoms with E-state index in [1.165, 1.54) is 0 Å². The van der Waals surface area contributed by atoms with Gasteiger partial charge in [0.25, 0.3) is 0 Å². The van der Waals surface area contributed by atoms with Crippen LogP contribution in [-0.4, -0.2) is 22.6 Å².